The van der Waals surface area contributed by atoms with Gasteiger partial charge in [-0.25, -0.2) is 23.4 Å². The molecule has 118 valence electrons. The molecular formula is C14H19N5O2S. The van der Waals surface area contributed by atoms with E-state index in [1.807, 2.05) is 6.92 Å². The standard InChI is InChI=1S/C14H19N5O2S/c1-11-7-15-9-16-14(11)12-5-3-4-6-19(12)22(20,21)13-8-18(2)10-17-13/h7-10,12H,3-6H2,1-2H3/t12-/m1/s1. The first-order chi connectivity index (χ1) is 10.5. The Morgan fingerprint density at radius 2 is 2.09 bits per heavy atom. The fourth-order valence-corrected chi connectivity index (χ4v) is 4.50. The molecule has 1 atom stereocenters. The molecule has 0 unspecified atom stereocenters. The number of sulfonamides is 1. The van der Waals surface area contributed by atoms with Gasteiger partial charge < -0.3 is 4.57 Å². The minimum absolute atomic E-state index is 0.0913. The van der Waals surface area contributed by atoms with Crippen LogP contribution in [-0.2, 0) is 17.1 Å². The minimum Gasteiger partial charge on any atom is -0.339 e. The number of piperidine rings is 1. The molecule has 3 heterocycles. The molecule has 22 heavy (non-hydrogen) atoms. The lowest BCUT2D eigenvalue weighted by Gasteiger charge is -2.34. The summed E-state index contributed by atoms with van der Waals surface area (Å²) in [6.07, 6.45) is 8.85. The van der Waals surface area contributed by atoms with Gasteiger partial charge >= 0.3 is 0 Å². The molecule has 2 aromatic rings. The first-order valence-electron chi connectivity index (χ1n) is 7.26. The van der Waals surface area contributed by atoms with Gasteiger partial charge in [-0.3, -0.25) is 0 Å². The van der Waals surface area contributed by atoms with Gasteiger partial charge in [0.1, 0.15) is 6.33 Å². The maximum atomic E-state index is 12.9. The monoisotopic (exact) mass is 321 g/mol. The number of imidazole rings is 1. The molecule has 7 nitrogen and oxygen atoms in total. The van der Waals surface area contributed by atoms with Crippen molar-refractivity contribution in [3.8, 4) is 0 Å². The SMILES string of the molecule is Cc1cncnc1[C@H]1CCCCN1S(=O)(=O)c1cn(C)cn1. The number of nitrogens with zero attached hydrogens (tertiary/aromatic N) is 5. The van der Waals surface area contributed by atoms with Gasteiger partial charge in [0.05, 0.1) is 18.1 Å². The highest BCUT2D eigenvalue weighted by Gasteiger charge is 2.36. The Morgan fingerprint density at radius 3 is 2.77 bits per heavy atom. The van der Waals surface area contributed by atoms with E-state index in [9.17, 15) is 8.42 Å². The van der Waals surface area contributed by atoms with Gasteiger partial charge in [-0.05, 0) is 25.3 Å². The van der Waals surface area contributed by atoms with E-state index in [1.165, 1.54) is 23.2 Å². The average molecular weight is 321 g/mol. The molecule has 0 spiro atoms. The van der Waals surface area contributed by atoms with E-state index in [4.69, 9.17) is 0 Å². The topological polar surface area (TPSA) is 81.0 Å². The molecule has 3 rings (SSSR count). The highest BCUT2D eigenvalue weighted by molar-refractivity contribution is 7.89. The second kappa shape index (κ2) is 5.77. The third-order valence-corrected chi connectivity index (χ3v) is 5.75. The van der Waals surface area contributed by atoms with Crippen LogP contribution in [-0.4, -0.2) is 38.8 Å². The van der Waals surface area contributed by atoms with E-state index in [-0.39, 0.29) is 11.1 Å². The number of rotatable bonds is 3. The fourth-order valence-electron chi connectivity index (χ4n) is 2.87. The Kier molecular flexibility index (Phi) is 3.96. The van der Waals surface area contributed by atoms with Crippen molar-refractivity contribution in [1.29, 1.82) is 0 Å². The Hall–Kier alpha value is -1.80. The van der Waals surface area contributed by atoms with Crippen molar-refractivity contribution in [2.45, 2.75) is 37.3 Å². The molecule has 1 fully saturated rings. The molecule has 2 aromatic heterocycles. The number of aromatic nitrogens is 4. The lowest BCUT2D eigenvalue weighted by atomic mass is 9.99. The second-order valence-electron chi connectivity index (χ2n) is 5.60. The molecule has 0 amide bonds. The van der Waals surface area contributed by atoms with Crippen molar-refractivity contribution < 1.29 is 8.42 Å². The average Bonchev–Trinajstić information content (AvgIpc) is 2.95. The zero-order valence-electron chi connectivity index (χ0n) is 12.7. The van der Waals surface area contributed by atoms with E-state index < -0.39 is 10.0 Å². The largest absolute Gasteiger partial charge is 0.339 e. The predicted molar refractivity (Wildman–Crippen MR) is 80.5 cm³/mol. The van der Waals surface area contributed by atoms with Crippen molar-refractivity contribution in [3.05, 3.63) is 36.3 Å². The molecule has 0 aromatic carbocycles. The normalized spacial score (nSPS) is 20.2. The Morgan fingerprint density at radius 1 is 1.27 bits per heavy atom. The molecule has 1 aliphatic rings. The zero-order chi connectivity index (χ0) is 15.7. The van der Waals surface area contributed by atoms with Crippen LogP contribution in [0.5, 0.6) is 0 Å². The zero-order valence-corrected chi connectivity index (χ0v) is 13.5. The number of hydrogen-bond donors (Lipinski definition) is 0. The van der Waals surface area contributed by atoms with Crippen molar-refractivity contribution in [2.24, 2.45) is 7.05 Å². The molecule has 1 saturated heterocycles. The predicted octanol–water partition coefficient (Wildman–Crippen LogP) is 1.43. The molecule has 0 aliphatic carbocycles. The van der Waals surface area contributed by atoms with Gasteiger partial charge in [0.25, 0.3) is 10.0 Å². The summed E-state index contributed by atoms with van der Waals surface area (Å²) in [6.45, 7) is 2.41. The molecule has 0 radical (unpaired) electrons. The van der Waals surface area contributed by atoms with E-state index >= 15 is 0 Å². The van der Waals surface area contributed by atoms with Gasteiger partial charge in [0.15, 0.2) is 5.03 Å². The lowest BCUT2D eigenvalue weighted by molar-refractivity contribution is 0.250. The van der Waals surface area contributed by atoms with Crippen LogP contribution in [0.1, 0.15) is 36.6 Å². The van der Waals surface area contributed by atoms with Gasteiger partial charge in [-0.1, -0.05) is 6.42 Å². The molecule has 1 aliphatic heterocycles. The van der Waals surface area contributed by atoms with Crippen LogP contribution in [0.25, 0.3) is 0 Å². The number of hydrogen-bond acceptors (Lipinski definition) is 5. The maximum Gasteiger partial charge on any atom is 0.262 e. The maximum absolute atomic E-state index is 12.9. The first kappa shape index (κ1) is 15.1. The van der Waals surface area contributed by atoms with Crippen LogP contribution in [0, 0.1) is 6.92 Å². The molecule has 0 bridgehead atoms. The highest BCUT2D eigenvalue weighted by Crippen LogP contribution is 2.35. The van der Waals surface area contributed by atoms with Gasteiger partial charge in [-0.2, -0.15) is 4.31 Å². The van der Waals surface area contributed by atoms with Gasteiger partial charge in [0, 0.05) is 26.0 Å². The Labute approximate surface area is 130 Å². The van der Waals surface area contributed by atoms with E-state index in [0.717, 1.165) is 30.5 Å². The lowest BCUT2D eigenvalue weighted by Crippen LogP contribution is -2.39. The minimum atomic E-state index is -3.61. The molecular weight excluding hydrogens is 302 g/mol. The summed E-state index contributed by atoms with van der Waals surface area (Å²) in [5, 5.41) is 0.0913. The summed E-state index contributed by atoms with van der Waals surface area (Å²) < 4.78 is 29.0. The summed E-state index contributed by atoms with van der Waals surface area (Å²) >= 11 is 0. The summed E-state index contributed by atoms with van der Waals surface area (Å²) in [4.78, 5) is 12.3. The first-order valence-corrected chi connectivity index (χ1v) is 8.70. The van der Waals surface area contributed by atoms with Crippen LogP contribution < -0.4 is 0 Å². The quantitative estimate of drug-likeness (QED) is 0.854. The van der Waals surface area contributed by atoms with E-state index in [1.54, 1.807) is 17.8 Å². The van der Waals surface area contributed by atoms with Gasteiger partial charge in [-0.15, -0.1) is 0 Å². The smallest absolute Gasteiger partial charge is 0.262 e. The van der Waals surface area contributed by atoms with Crippen molar-refractivity contribution in [3.63, 3.8) is 0 Å². The third-order valence-electron chi connectivity index (χ3n) is 3.96. The van der Waals surface area contributed by atoms with Crippen LogP contribution in [0.2, 0.25) is 0 Å². The van der Waals surface area contributed by atoms with Crippen LogP contribution in [0.3, 0.4) is 0 Å². The van der Waals surface area contributed by atoms with Crippen molar-refractivity contribution >= 4 is 10.0 Å². The van der Waals surface area contributed by atoms with Crippen molar-refractivity contribution in [1.82, 2.24) is 23.8 Å². The third kappa shape index (κ3) is 2.64. The summed E-state index contributed by atoms with van der Waals surface area (Å²) in [5.41, 5.74) is 1.70. The Balaban J connectivity index is 2.02. The molecule has 0 N–H and O–H groups in total. The van der Waals surface area contributed by atoms with Crippen LogP contribution >= 0.6 is 0 Å². The second-order valence-corrected chi connectivity index (χ2v) is 7.43. The molecule has 0 saturated carbocycles. The fraction of sp³-hybridized carbons (Fsp3) is 0.500. The highest BCUT2D eigenvalue weighted by atomic mass is 32.2. The van der Waals surface area contributed by atoms with Crippen LogP contribution in [0.4, 0.5) is 0 Å². The van der Waals surface area contributed by atoms with Crippen molar-refractivity contribution in [2.75, 3.05) is 6.54 Å². The summed E-state index contributed by atoms with van der Waals surface area (Å²) in [6, 6.07) is -0.247. The summed E-state index contributed by atoms with van der Waals surface area (Å²) in [7, 11) is -1.86. The Bertz CT molecular complexity index is 771. The van der Waals surface area contributed by atoms with E-state index in [0.29, 0.717) is 6.54 Å². The number of aryl methyl sites for hydroxylation is 2. The van der Waals surface area contributed by atoms with Crippen LogP contribution in [0.15, 0.2) is 30.1 Å². The van der Waals surface area contributed by atoms with Gasteiger partial charge in [0.2, 0.25) is 0 Å². The summed E-state index contributed by atoms with van der Waals surface area (Å²) in [5.74, 6) is 0. The van der Waals surface area contributed by atoms with E-state index in [2.05, 4.69) is 15.0 Å². The molecule has 8 heteroatoms.